The van der Waals surface area contributed by atoms with E-state index in [1.54, 1.807) is 0 Å². The van der Waals surface area contributed by atoms with Gasteiger partial charge < -0.3 is 10.1 Å². The highest BCUT2D eigenvalue weighted by Crippen LogP contribution is 2.15. The van der Waals surface area contributed by atoms with Crippen LogP contribution >= 0.6 is 0 Å². The van der Waals surface area contributed by atoms with E-state index in [9.17, 15) is 0 Å². The number of nitrogens with zero attached hydrogens (tertiary/aromatic N) is 2. The summed E-state index contributed by atoms with van der Waals surface area (Å²) in [7, 11) is 0. The van der Waals surface area contributed by atoms with E-state index in [-0.39, 0.29) is 0 Å². The van der Waals surface area contributed by atoms with Crippen LogP contribution < -0.4 is 10.1 Å². The summed E-state index contributed by atoms with van der Waals surface area (Å²) in [4.78, 5) is 8.77. The molecule has 0 spiro atoms. The summed E-state index contributed by atoms with van der Waals surface area (Å²) in [6, 6.07) is 2.22. The fraction of sp³-hybridized carbons (Fsp3) is 0.692. The molecule has 1 aromatic heterocycles. The lowest BCUT2D eigenvalue weighted by atomic mass is 10.2. The van der Waals surface area contributed by atoms with Crippen LogP contribution in [0, 0.1) is 5.92 Å². The Morgan fingerprint density at radius 1 is 1.24 bits per heavy atom. The zero-order valence-electron chi connectivity index (χ0n) is 11.4. The van der Waals surface area contributed by atoms with Crippen LogP contribution in [0.5, 0.6) is 5.88 Å². The van der Waals surface area contributed by atoms with Crippen LogP contribution in [0.2, 0.25) is 0 Å². The van der Waals surface area contributed by atoms with E-state index in [0.717, 1.165) is 18.1 Å². The minimum Gasteiger partial charge on any atom is -0.477 e. The molecular weight excluding hydrogens is 214 g/mol. The third-order valence-electron chi connectivity index (χ3n) is 2.07. The van der Waals surface area contributed by atoms with Crippen molar-refractivity contribution in [3.8, 4) is 5.88 Å². The lowest BCUT2D eigenvalue weighted by Gasteiger charge is -2.13. The molecule has 1 N–H and O–H groups in total. The van der Waals surface area contributed by atoms with Gasteiger partial charge in [-0.25, -0.2) is 4.98 Å². The van der Waals surface area contributed by atoms with Crippen LogP contribution in [0.25, 0.3) is 0 Å². The van der Waals surface area contributed by atoms with Crippen molar-refractivity contribution in [2.24, 2.45) is 5.92 Å². The van der Waals surface area contributed by atoms with Gasteiger partial charge in [0.2, 0.25) is 5.88 Å². The van der Waals surface area contributed by atoms with Gasteiger partial charge in [0.15, 0.2) is 0 Å². The molecule has 0 aliphatic carbocycles. The van der Waals surface area contributed by atoms with E-state index in [4.69, 9.17) is 4.74 Å². The van der Waals surface area contributed by atoms with Gasteiger partial charge in [0.1, 0.15) is 11.6 Å². The highest BCUT2D eigenvalue weighted by atomic mass is 16.5. The fourth-order valence-electron chi connectivity index (χ4n) is 1.33. The standard InChI is InChI=1S/C13H23N3O/c1-6-11-15-12(14-10(4)5)7-13(16-11)17-8-9(2)3/h7,9-10H,6,8H2,1-5H3,(H,14,15,16). The smallest absolute Gasteiger partial charge is 0.218 e. The SMILES string of the molecule is CCc1nc(NC(C)C)cc(OCC(C)C)n1. The summed E-state index contributed by atoms with van der Waals surface area (Å²) in [5.41, 5.74) is 0. The number of hydrogen-bond acceptors (Lipinski definition) is 4. The summed E-state index contributed by atoms with van der Waals surface area (Å²) >= 11 is 0. The first-order valence-electron chi connectivity index (χ1n) is 6.28. The molecule has 0 fully saturated rings. The fourth-order valence-corrected chi connectivity index (χ4v) is 1.33. The van der Waals surface area contributed by atoms with Crippen LogP contribution in [0.4, 0.5) is 5.82 Å². The first-order chi connectivity index (χ1) is 8.01. The molecule has 96 valence electrons. The molecule has 0 radical (unpaired) electrons. The van der Waals surface area contributed by atoms with Gasteiger partial charge in [-0.05, 0) is 19.8 Å². The summed E-state index contributed by atoms with van der Waals surface area (Å²) < 4.78 is 5.64. The predicted octanol–water partition coefficient (Wildman–Crippen LogP) is 2.89. The zero-order valence-corrected chi connectivity index (χ0v) is 11.4. The van der Waals surface area contributed by atoms with E-state index in [1.807, 2.05) is 13.0 Å². The molecule has 4 heteroatoms. The first kappa shape index (κ1) is 13.7. The summed E-state index contributed by atoms with van der Waals surface area (Å²) in [6.45, 7) is 11.1. The molecule has 17 heavy (non-hydrogen) atoms. The molecule has 1 rings (SSSR count). The number of aromatic nitrogens is 2. The summed E-state index contributed by atoms with van der Waals surface area (Å²) in [6.07, 6.45) is 0.811. The number of aryl methyl sites for hydroxylation is 1. The molecule has 0 bridgehead atoms. The van der Waals surface area contributed by atoms with E-state index in [1.165, 1.54) is 0 Å². The second-order valence-electron chi connectivity index (χ2n) is 4.87. The molecule has 0 atom stereocenters. The molecule has 0 aliphatic heterocycles. The monoisotopic (exact) mass is 237 g/mol. The van der Waals surface area contributed by atoms with Crippen molar-refractivity contribution in [3.63, 3.8) is 0 Å². The van der Waals surface area contributed by atoms with Crippen molar-refractivity contribution in [1.29, 1.82) is 0 Å². The van der Waals surface area contributed by atoms with Crippen LogP contribution in [0.3, 0.4) is 0 Å². The second kappa shape index (κ2) is 6.42. The van der Waals surface area contributed by atoms with Gasteiger partial charge in [-0.15, -0.1) is 0 Å². The van der Waals surface area contributed by atoms with E-state index in [0.29, 0.717) is 24.4 Å². The van der Waals surface area contributed by atoms with Gasteiger partial charge in [0.25, 0.3) is 0 Å². The third-order valence-corrected chi connectivity index (χ3v) is 2.07. The average molecular weight is 237 g/mol. The largest absolute Gasteiger partial charge is 0.477 e. The predicted molar refractivity (Wildman–Crippen MR) is 70.5 cm³/mol. The lowest BCUT2D eigenvalue weighted by Crippen LogP contribution is -2.13. The number of hydrogen-bond donors (Lipinski definition) is 1. The Hall–Kier alpha value is -1.32. The van der Waals surface area contributed by atoms with Crippen molar-refractivity contribution in [2.75, 3.05) is 11.9 Å². The van der Waals surface area contributed by atoms with Crippen LogP contribution in [0.15, 0.2) is 6.07 Å². The maximum atomic E-state index is 5.64. The Labute approximate surface area is 104 Å². The average Bonchev–Trinajstić information content (AvgIpc) is 2.25. The van der Waals surface area contributed by atoms with Gasteiger partial charge in [-0.3, -0.25) is 0 Å². The molecule has 0 saturated heterocycles. The molecule has 4 nitrogen and oxygen atoms in total. The van der Waals surface area contributed by atoms with Crippen LogP contribution in [-0.4, -0.2) is 22.6 Å². The Kier molecular flexibility index (Phi) is 5.19. The maximum Gasteiger partial charge on any atom is 0.218 e. The van der Waals surface area contributed by atoms with E-state index < -0.39 is 0 Å². The highest BCUT2D eigenvalue weighted by molar-refractivity contribution is 5.39. The molecule has 0 amide bonds. The number of rotatable bonds is 6. The highest BCUT2D eigenvalue weighted by Gasteiger charge is 2.06. The number of anilines is 1. The summed E-state index contributed by atoms with van der Waals surface area (Å²) in [5, 5.41) is 3.28. The summed E-state index contributed by atoms with van der Waals surface area (Å²) in [5.74, 6) is 2.81. The zero-order chi connectivity index (χ0) is 12.8. The van der Waals surface area contributed by atoms with Gasteiger partial charge in [-0.1, -0.05) is 20.8 Å². The van der Waals surface area contributed by atoms with Crippen molar-refractivity contribution >= 4 is 5.82 Å². The minimum atomic E-state index is 0.354. The number of ether oxygens (including phenoxy) is 1. The Morgan fingerprint density at radius 3 is 2.47 bits per heavy atom. The number of nitrogens with one attached hydrogen (secondary N) is 1. The second-order valence-corrected chi connectivity index (χ2v) is 4.87. The van der Waals surface area contributed by atoms with Crippen molar-refractivity contribution in [2.45, 2.75) is 47.1 Å². The van der Waals surface area contributed by atoms with Gasteiger partial charge >= 0.3 is 0 Å². The maximum absolute atomic E-state index is 5.64. The lowest BCUT2D eigenvalue weighted by molar-refractivity contribution is 0.260. The Morgan fingerprint density at radius 2 is 1.94 bits per heavy atom. The van der Waals surface area contributed by atoms with Gasteiger partial charge in [-0.2, -0.15) is 4.98 Å². The third kappa shape index (κ3) is 5.02. The van der Waals surface area contributed by atoms with Crippen molar-refractivity contribution < 1.29 is 4.74 Å². The van der Waals surface area contributed by atoms with E-state index in [2.05, 4.69) is 43.0 Å². The molecular formula is C13H23N3O. The molecule has 0 saturated carbocycles. The quantitative estimate of drug-likeness (QED) is 0.826. The first-order valence-corrected chi connectivity index (χ1v) is 6.28. The van der Waals surface area contributed by atoms with Crippen LogP contribution in [0.1, 0.15) is 40.4 Å². The van der Waals surface area contributed by atoms with Gasteiger partial charge in [0.05, 0.1) is 6.61 Å². The molecule has 1 heterocycles. The van der Waals surface area contributed by atoms with E-state index >= 15 is 0 Å². The van der Waals surface area contributed by atoms with Gasteiger partial charge in [0, 0.05) is 18.5 Å². The topological polar surface area (TPSA) is 47.0 Å². The van der Waals surface area contributed by atoms with Crippen LogP contribution in [-0.2, 0) is 6.42 Å². The Balaban J connectivity index is 2.81. The molecule has 0 aromatic carbocycles. The minimum absolute atomic E-state index is 0.354. The normalized spacial score (nSPS) is 11.0. The van der Waals surface area contributed by atoms with Crippen molar-refractivity contribution in [1.82, 2.24) is 9.97 Å². The molecule has 1 aromatic rings. The molecule has 0 unspecified atom stereocenters. The van der Waals surface area contributed by atoms with Crippen molar-refractivity contribution in [3.05, 3.63) is 11.9 Å². The Bertz CT molecular complexity index is 351. The molecule has 0 aliphatic rings.